The van der Waals surface area contributed by atoms with Crippen LogP contribution in [0.4, 0.5) is 4.39 Å². The zero-order chi connectivity index (χ0) is 9.68. The third-order valence-corrected chi connectivity index (χ3v) is 2.40. The highest BCUT2D eigenvalue weighted by molar-refractivity contribution is 6.17. The summed E-state index contributed by atoms with van der Waals surface area (Å²) in [5.41, 5.74) is 2.33. The molecule has 2 heteroatoms. The van der Waals surface area contributed by atoms with Crippen molar-refractivity contribution >= 4 is 11.6 Å². The van der Waals surface area contributed by atoms with Gasteiger partial charge in [0.1, 0.15) is 5.82 Å². The summed E-state index contributed by atoms with van der Waals surface area (Å²) in [5.74, 6) is 0.520. The van der Waals surface area contributed by atoms with Gasteiger partial charge in [-0.15, -0.1) is 11.6 Å². The Hall–Kier alpha value is -0.560. The van der Waals surface area contributed by atoms with Crippen LogP contribution in [-0.2, 0) is 12.8 Å². The Labute approximate surface area is 83.7 Å². The molecule has 0 aliphatic rings. The molecule has 0 aromatic heterocycles. The van der Waals surface area contributed by atoms with Crippen molar-refractivity contribution in [2.75, 3.05) is 5.88 Å². The normalized spacial score (nSPS) is 10.4. The molecule has 0 unspecified atom stereocenters. The van der Waals surface area contributed by atoms with Gasteiger partial charge in [0.15, 0.2) is 0 Å². The molecule has 0 bridgehead atoms. The third kappa shape index (κ3) is 3.00. The maximum absolute atomic E-state index is 12.8. The summed E-state index contributed by atoms with van der Waals surface area (Å²) >= 11 is 5.60. The van der Waals surface area contributed by atoms with Crippen molar-refractivity contribution < 1.29 is 4.39 Å². The highest BCUT2D eigenvalue weighted by Crippen LogP contribution is 2.14. The fraction of sp³-hybridized carbons (Fsp3) is 0.455. The van der Waals surface area contributed by atoms with Gasteiger partial charge in [0.05, 0.1) is 0 Å². The van der Waals surface area contributed by atoms with E-state index in [-0.39, 0.29) is 5.82 Å². The molecule has 0 spiro atoms. The van der Waals surface area contributed by atoms with Gasteiger partial charge in [-0.1, -0.05) is 13.0 Å². The maximum atomic E-state index is 12.8. The topological polar surface area (TPSA) is 0 Å². The first kappa shape index (κ1) is 10.5. The SMILES string of the molecule is CCc1cc(F)ccc1CCCCl. The van der Waals surface area contributed by atoms with Crippen LogP contribution in [0.2, 0.25) is 0 Å². The van der Waals surface area contributed by atoms with Crippen LogP contribution in [0.5, 0.6) is 0 Å². The van der Waals surface area contributed by atoms with Gasteiger partial charge < -0.3 is 0 Å². The van der Waals surface area contributed by atoms with Gasteiger partial charge in [0.25, 0.3) is 0 Å². The van der Waals surface area contributed by atoms with Crippen LogP contribution in [0.1, 0.15) is 24.5 Å². The van der Waals surface area contributed by atoms with E-state index in [2.05, 4.69) is 0 Å². The molecule has 72 valence electrons. The number of benzene rings is 1. The minimum Gasteiger partial charge on any atom is -0.207 e. The zero-order valence-electron chi connectivity index (χ0n) is 7.82. The van der Waals surface area contributed by atoms with Gasteiger partial charge in [-0.2, -0.15) is 0 Å². The molecular weight excluding hydrogens is 187 g/mol. The van der Waals surface area contributed by atoms with E-state index in [4.69, 9.17) is 11.6 Å². The second-order valence-electron chi connectivity index (χ2n) is 3.06. The molecule has 0 heterocycles. The Morgan fingerprint density at radius 3 is 2.69 bits per heavy atom. The Morgan fingerprint density at radius 2 is 2.08 bits per heavy atom. The van der Waals surface area contributed by atoms with Crippen LogP contribution in [0.3, 0.4) is 0 Å². The Balaban J connectivity index is 2.79. The van der Waals surface area contributed by atoms with Crippen LogP contribution >= 0.6 is 11.6 Å². The van der Waals surface area contributed by atoms with Crippen LogP contribution in [-0.4, -0.2) is 5.88 Å². The van der Waals surface area contributed by atoms with Crippen molar-refractivity contribution in [3.05, 3.63) is 35.1 Å². The minimum absolute atomic E-state index is 0.147. The van der Waals surface area contributed by atoms with Gasteiger partial charge in [-0.3, -0.25) is 0 Å². The molecular formula is C11H14ClF. The Kier molecular flexibility index (Phi) is 4.23. The summed E-state index contributed by atoms with van der Waals surface area (Å²) in [6, 6.07) is 4.99. The lowest BCUT2D eigenvalue weighted by Crippen LogP contribution is -1.94. The molecule has 0 aliphatic carbocycles. The van der Waals surface area contributed by atoms with Crippen molar-refractivity contribution in [2.45, 2.75) is 26.2 Å². The molecule has 0 atom stereocenters. The van der Waals surface area contributed by atoms with E-state index in [1.54, 1.807) is 6.07 Å². The lowest BCUT2D eigenvalue weighted by molar-refractivity contribution is 0.624. The average molecular weight is 201 g/mol. The largest absolute Gasteiger partial charge is 0.207 e. The van der Waals surface area contributed by atoms with Crippen LogP contribution in [0.15, 0.2) is 18.2 Å². The van der Waals surface area contributed by atoms with Crippen molar-refractivity contribution in [3.63, 3.8) is 0 Å². The van der Waals surface area contributed by atoms with Gasteiger partial charge in [0, 0.05) is 5.88 Å². The molecule has 0 amide bonds. The number of aryl methyl sites for hydroxylation is 2. The highest BCUT2D eigenvalue weighted by atomic mass is 35.5. The number of hydrogen-bond acceptors (Lipinski definition) is 0. The molecule has 0 N–H and O–H groups in total. The molecule has 0 fully saturated rings. The van der Waals surface area contributed by atoms with E-state index in [0.29, 0.717) is 5.88 Å². The van der Waals surface area contributed by atoms with E-state index < -0.39 is 0 Å². The molecule has 0 radical (unpaired) electrons. The standard InChI is InChI=1S/C11H14ClF/c1-2-9-8-11(13)6-5-10(9)4-3-7-12/h5-6,8H,2-4,7H2,1H3. The van der Waals surface area contributed by atoms with Crippen LogP contribution < -0.4 is 0 Å². The number of hydrogen-bond donors (Lipinski definition) is 0. The number of alkyl halides is 1. The molecule has 1 rings (SSSR count). The molecule has 0 aliphatic heterocycles. The molecule has 0 saturated heterocycles. The van der Waals surface area contributed by atoms with Crippen molar-refractivity contribution in [1.82, 2.24) is 0 Å². The average Bonchev–Trinajstić information content (AvgIpc) is 2.16. The van der Waals surface area contributed by atoms with Crippen molar-refractivity contribution in [1.29, 1.82) is 0 Å². The summed E-state index contributed by atoms with van der Waals surface area (Å²) in [5, 5.41) is 0. The Morgan fingerprint density at radius 1 is 1.31 bits per heavy atom. The summed E-state index contributed by atoms with van der Waals surface area (Å²) in [6.07, 6.45) is 2.79. The molecule has 0 nitrogen and oxygen atoms in total. The molecule has 1 aromatic rings. The summed E-state index contributed by atoms with van der Waals surface area (Å²) in [7, 11) is 0. The van der Waals surface area contributed by atoms with E-state index in [1.807, 2.05) is 13.0 Å². The summed E-state index contributed by atoms with van der Waals surface area (Å²) < 4.78 is 12.8. The third-order valence-electron chi connectivity index (χ3n) is 2.13. The summed E-state index contributed by atoms with van der Waals surface area (Å²) in [4.78, 5) is 0. The summed E-state index contributed by atoms with van der Waals surface area (Å²) in [6.45, 7) is 2.04. The Bertz CT molecular complexity index is 271. The first-order valence-corrected chi connectivity index (χ1v) is 5.14. The fourth-order valence-corrected chi connectivity index (χ4v) is 1.56. The van der Waals surface area contributed by atoms with E-state index in [9.17, 15) is 4.39 Å². The maximum Gasteiger partial charge on any atom is 0.123 e. The van der Waals surface area contributed by atoms with E-state index >= 15 is 0 Å². The van der Waals surface area contributed by atoms with Gasteiger partial charge >= 0.3 is 0 Å². The van der Waals surface area contributed by atoms with Gasteiger partial charge in [-0.25, -0.2) is 4.39 Å². The van der Waals surface area contributed by atoms with Crippen molar-refractivity contribution in [3.8, 4) is 0 Å². The van der Waals surface area contributed by atoms with E-state index in [0.717, 1.165) is 24.8 Å². The lowest BCUT2D eigenvalue weighted by atomic mass is 10.0. The highest BCUT2D eigenvalue weighted by Gasteiger charge is 2.01. The van der Waals surface area contributed by atoms with Crippen molar-refractivity contribution in [2.24, 2.45) is 0 Å². The predicted octanol–water partition coefficient (Wildman–Crippen LogP) is 3.56. The number of rotatable bonds is 4. The minimum atomic E-state index is -0.147. The first-order valence-electron chi connectivity index (χ1n) is 4.61. The molecule has 0 saturated carbocycles. The first-order chi connectivity index (χ1) is 6.27. The predicted molar refractivity (Wildman–Crippen MR) is 54.8 cm³/mol. The van der Waals surface area contributed by atoms with E-state index in [1.165, 1.54) is 11.6 Å². The number of halogens is 2. The second-order valence-corrected chi connectivity index (χ2v) is 3.44. The smallest absolute Gasteiger partial charge is 0.123 e. The quantitative estimate of drug-likeness (QED) is 0.652. The van der Waals surface area contributed by atoms with Crippen LogP contribution in [0, 0.1) is 5.82 Å². The lowest BCUT2D eigenvalue weighted by Gasteiger charge is -2.06. The second kappa shape index (κ2) is 5.23. The monoisotopic (exact) mass is 200 g/mol. The molecule has 13 heavy (non-hydrogen) atoms. The van der Waals surface area contributed by atoms with Gasteiger partial charge in [-0.05, 0) is 42.5 Å². The zero-order valence-corrected chi connectivity index (χ0v) is 8.57. The van der Waals surface area contributed by atoms with Gasteiger partial charge in [0.2, 0.25) is 0 Å². The molecule has 1 aromatic carbocycles. The van der Waals surface area contributed by atoms with Crippen LogP contribution in [0.25, 0.3) is 0 Å². The fourth-order valence-electron chi connectivity index (χ4n) is 1.42.